The van der Waals surface area contributed by atoms with Crippen molar-refractivity contribution >= 4 is 5.65 Å². The molecule has 0 saturated heterocycles. The van der Waals surface area contributed by atoms with Gasteiger partial charge in [-0.25, -0.2) is 0 Å². The minimum atomic E-state index is 0.398. The molecule has 0 saturated carbocycles. The summed E-state index contributed by atoms with van der Waals surface area (Å²) in [6.45, 7) is 3.81. The van der Waals surface area contributed by atoms with Crippen molar-refractivity contribution in [3.63, 3.8) is 0 Å². The van der Waals surface area contributed by atoms with E-state index in [4.69, 9.17) is 0 Å². The molecule has 0 fully saturated rings. The molecule has 3 heterocycles. The molecule has 1 atom stereocenters. The molecule has 0 aliphatic carbocycles. The Morgan fingerprint density at radius 3 is 3.00 bits per heavy atom. The Morgan fingerprint density at radius 1 is 1.20 bits per heavy atom. The number of pyridine rings is 1. The Morgan fingerprint density at radius 2 is 2.15 bits per heavy atom. The Labute approximate surface area is 117 Å². The third-order valence-corrected chi connectivity index (χ3v) is 3.34. The highest BCUT2D eigenvalue weighted by molar-refractivity contribution is 5.36. The zero-order valence-electron chi connectivity index (χ0n) is 11.5. The van der Waals surface area contributed by atoms with Crippen LogP contribution < -0.4 is 5.32 Å². The van der Waals surface area contributed by atoms with E-state index in [2.05, 4.69) is 27.5 Å². The van der Waals surface area contributed by atoms with Crippen molar-refractivity contribution in [1.82, 2.24) is 29.7 Å². The summed E-state index contributed by atoms with van der Waals surface area (Å²) in [6.07, 6.45) is 6.80. The lowest BCUT2D eigenvalue weighted by Gasteiger charge is -2.12. The Bertz CT molecular complexity index is 657. The van der Waals surface area contributed by atoms with Gasteiger partial charge < -0.3 is 5.32 Å². The first-order chi connectivity index (χ1) is 9.83. The van der Waals surface area contributed by atoms with E-state index in [1.54, 1.807) is 6.20 Å². The van der Waals surface area contributed by atoms with Crippen LogP contribution in [0.3, 0.4) is 0 Å². The number of hydrogen-bond donors (Lipinski definition) is 1. The average Bonchev–Trinajstić information content (AvgIpc) is 3.12. The minimum absolute atomic E-state index is 0.398. The predicted octanol–water partition coefficient (Wildman–Crippen LogP) is 1.49. The van der Waals surface area contributed by atoms with E-state index in [0.717, 1.165) is 24.4 Å². The topological polar surface area (TPSA) is 60.0 Å². The quantitative estimate of drug-likeness (QED) is 0.737. The van der Waals surface area contributed by atoms with E-state index < -0.39 is 0 Å². The summed E-state index contributed by atoms with van der Waals surface area (Å²) in [5.74, 6) is 0.937. The van der Waals surface area contributed by atoms with Gasteiger partial charge in [0.15, 0.2) is 11.5 Å². The van der Waals surface area contributed by atoms with Gasteiger partial charge in [-0.2, -0.15) is 5.10 Å². The second-order valence-corrected chi connectivity index (χ2v) is 4.88. The van der Waals surface area contributed by atoms with Crippen LogP contribution in [0.25, 0.3) is 5.65 Å². The highest BCUT2D eigenvalue weighted by Gasteiger charge is 2.07. The van der Waals surface area contributed by atoms with E-state index >= 15 is 0 Å². The maximum atomic E-state index is 4.21. The van der Waals surface area contributed by atoms with Crippen molar-refractivity contribution in [3.8, 4) is 0 Å². The zero-order valence-corrected chi connectivity index (χ0v) is 11.5. The summed E-state index contributed by atoms with van der Waals surface area (Å²) in [4.78, 5) is 0. The van der Waals surface area contributed by atoms with Gasteiger partial charge in [0.05, 0.1) is 6.54 Å². The number of rotatable bonds is 6. The van der Waals surface area contributed by atoms with Crippen molar-refractivity contribution in [2.45, 2.75) is 32.5 Å². The van der Waals surface area contributed by atoms with Crippen molar-refractivity contribution in [2.75, 3.05) is 0 Å². The van der Waals surface area contributed by atoms with Gasteiger partial charge in [-0.15, -0.1) is 10.2 Å². The molecule has 3 aromatic rings. The maximum absolute atomic E-state index is 4.21. The van der Waals surface area contributed by atoms with Crippen molar-refractivity contribution in [1.29, 1.82) is 0 Å². The summed E-state index contributed by atoms with van der Waals surface area (Å²) >= 11 is 0. The summed E-state index contributed by atoms with van der Waals surface area (Å²) in [7, 11) is 0. The van der Waals surface area contributed by atoms with Crippen LogP contribution in [0.1, 0.15) is 19.2 Å². The molecule has 3 aromatic heterocycles. The second-order valence-electron chi connectivity index (χ2n) is 4.88. The summed E-state index contributed by atoms with van der Waals surface area (Å²) in [6, 6.07) is 8.25. The Hall–Kier alpha value is -2.21. The molecule has 6 heteroatoms. The lowest BCUT2D eigenvalue weighted by molar-refractivity contribution is 0.452. The van der Waals surface area contributed by atoms with Gasteiger partial charge in [-0.05, 0) is 31.5 Å². The molecule has 1 N–H and O–H groups in total. The number of hydrogen-bond acceptors (Lipinski definition) is 4. The van der Waals surface area contributed by atoms with Crippen LogP contribution >= 0.6 is 0 Å². The molecule has 3 rings (SSSR count). The standard InChI is InChI=1S/C14H18N6/c1-12(6-10-19-8-4-7-16-19)15-11-14-18-17-13-5-2-3-9-20(13)14/h2-5,7-9,12,15H,6,10-11H2,1H3/t12-/m0/s1. The lowest BCUT2D eigenvalue weighted by atomic mass is 10.2. The molecule has 0 aliphatic rings. The number of aryl methyl sites for hydroxylation is 1. The number of aromatic nitrogens is 5. The monoisotopic (exact) mass is 270 g/mol. The number of nitrogens with zero attached hydrogens (tertiary/aromatic N) is 5. The summed E-state index contributed by atoms with van der Waals surface area (Å²) < 4.78 is 3.96. The molecule has 6 nitrogen and oxygen atoms in total. The third kappa shape index (κ3) is 2.85. The Kier molecular flexibility index (Phi) is 3.73. The molecular formula is C14H18N6. The summed E-state index contributed by atoms with van der Waals surface area (Å²) in [5, 5.41) is 16.0. The predicted molar refractivity (Wildman–Crippen MR) is 76.1 cm³/mol. The SMILES string of the molecule is C[C@@H](CCn1cccn1)NCc1nnc2ccccn12. The number of nitrogens with one attached hydrogen (secondary N) is 1. The van der Waals surface area contributed by atoms with Gasteiger partial charge in [-0.1, -0.05) is 6.07 Å². The highest BCUT2D eigenvalue weighted by atomic mass is 15.3. The number of fused-ring (bicyclic) bond motifs is 1. The fourth-order valence-corrected chi connectivity index (χ4v) is 2.14. The zero-order chi connectivity index (χ0) is 13.8. The fraction of sp³-hybridized carbons (Fsp3) is 0.357. The van der Waals surface area contributed by atoms with Gasteiger partial charge in [0.2, 0.25) is 0 Å². The van der Waals surface area contributed by atoms with Crippen molar-refractivity contribution in [2.24, 2.45) is 0 Å². The molecule has 0 aromatic carbocycles. The molecule has 0 unspecified atom stereocenters. The second kappa shape index (κ2) is 5.83. The highest BCUT2D eigenvalue weighted by Crippen LogP contribution is 2.03. The normalized spacial score (nSPS) is 12.8. The smallest absolute Gasteiger partial charge is 0.160 e. The first-order valence-electron chi connectivity index (χ1n) is 6.82. The van der Waals surface area contributed by atoms with E-state index in [-0.39, 0.29) is 0 Å². The lowest BCUT2D eigenvalue weighted by Crippen LogP contribution is -2.27. The summed E-state index contributed by atoms with van der Waals surface area (Å²) in [5.41, 5.74) is 0.883. The first kappa shape index (κ1) is 12.8. The molecule has 0 amide bonds. The van der Waals surface area contributed by atoms with Crippen molar-refractivity contribution in [3.05, 3.63) is 48.7 Å². The van der Waals surface area contributed by atoms with E-state index in [9.17, 15) is 0 Å². The average molecular weight is 270 g/mol. The molecular weight excluding hydrogens is 252 g/mol. The fourth-order valence-electron chi connectivity index (χ4n) is 2.14. The minimum Gasteiger partial charge on any atom is -0.307 e. The van der Waals surface area contributed by atoms with Crippen LogP contribution in [-0.4, -0.2) is 30.4 Å². The van der Waals surface area contributed by atoms with Crippen LogP contribution in [0.15, 0.2) is 42.9 Å². The van der Waals surface area contributed by atoms with Crippen LogP contribution in [0.5, 0.6) is 0 Å². The van der Waals surface area contributed by atoms with E-state index in [1.165, 1.54) is 0 Å². The van der Waals surface area contributed by atoms with Gasteiger partial charge in [0, 0.05) is 31.2 Å². The molecule has 104 valence electrons. The molecule has 0 aliphatic heterocycles. The first-order valence-corrected chi connectivity index (χ1v) is 6.82. The van der Waals surface area contributed by atoms with Gasteiger partial charge in [0.1, 0.15) is 0 Å². The van der Waals surface area contributed by atoms with E-state index in [1.807, 2.05) is 45.7 Å². The largest absolute Gasteiger partial charge is 0.307 e. The Balaban J connectivity index is 1.53. The van der Waals surface area contributed by atoms with Crippen LogP contribution in [0.4, 0.5) is 0 Å². The van der Waals surface area contributed by atoms with Crippen molar-refractivity contribution < 1.29 is 0 Å². The van der Waals surface area contributed by atoms with Crippen LogP contribution in [0, 0.1) is 0 Å². The molecule has 20 heavy (non-hydrogen) atoms. The maximum Gasteiger partial charge on any atom is 0.160 e. The molecule has 0 spiro atoms. The van der Waals surface area contributed by atoms with Gasteiger partial charge in [-0.3, -0.25) is 9.08 Å². The van der Waals surface area contributed by atoms with Crippen LogP contribution in [-0.2, 0) is 13.1 Å². The molecule has 0 bridgehead atoms. The van der Waals surface area contributed by atoms with Gasteiger partial charge >= 0.3 is 0 Å². The molecule has 0 radical (unpaired) electrons. The van der Waals surface area contributed by atoms with Crippen LogP contribution in [0.2, 0.25) is 0 Å². The third-order valence-electron chi connectivity index (χ3n) is 3.34. The van der Waals surface area contributed by atoms with Gasteiger partial charge in [0.25, 0.3) is 0 Å². The van der Waals surface area contributed by atoms with E-state index in [0.29, 0.717) is 12.6 Å².